The van der Waals surface area contributed by atoms with Crippen molar-refractivity contribution in [1.82, 2.24) is 10.7 Å². The van der Waals surface area contributed by atoms with Gasteiger partial charge in [0.25, 0.3) is 5.91 Å². The van der Waals surface area contributed by atoms with Crippen LogP contribution in [0.4, 0.5) is 0 Å². The molecule has 2 amide bonds. The zero-order valence-corrected chi connectivity index (χ0v) is 14.8. The molecule has 4 saturated carbocycles. The van der Waals surface area contributed by atoms with Crippen molar-refractivity contribution in [2.45, 2.75) is 50.9 Å². The van der Waals surface area contributed by atoms with Gasteiger partial charge in [-0.2, -0.15) is 0 Å². The summed E-state index contributed by atoms with van der Waals surface area (Å²) in [4.78, 5) is 24.4. The lowest BCUT2D eigenvalue weighted by molar-refractivity contribution is -0.149. The summed E-state index contributed by atoms with van der Waals surface area (Å²) in [6.45, 7) is 2.07. The van der Waals surface area contributed by atoms with Gasteiger partial charge in [-0.3, -0.25) is 15.0 Å². The molecule has 134 valence electrons. The van der Waals surface area contributed by atoms with E-state index in [1.807, 2.05) is 0 Å². The van der Waals surface area contributed by atoms with Crippen LogP contribution in [-0.4, -0.2) is 18.4 Å². The van der Waals surface area contributed by atoms with Gasteiger partial charge in [0.15, 0.2) is 0 Å². The second-order valence-corrected chi connectivity index (χ2v) is 8.64. The fraction of sp³-hybridized carbons (Fsp3) is 0.600. The van der Waals surface area contributed by atoms with Crippen LogP contribution in [0.5, 0.6) is 0 Å². The lowest BCUT2D eigenvalue weighted by atomic mass is 9.42. The molecule has 4 fully saturated rings. The molecule has 4 aliphatic carbocycles. The van der Waals surface area contributed by atoms with E-state index < -0.39 is 0 Å². The highest BCUT2D eigenvalue weighted by Crippen LogP contribution is 2.65. The Morgan fingerprint density at radius 1 is 1.12 bits per heavy atom. The molecular weight excluding hydrogens is 314 g/mol. The number of hydrogen-bond acceptors (Lipinski definition) is 3. The van der Waals surface area contributed by atoms with E-state index in [0.29, 0.717) is 11.8 Å². The molecule has 5 nitrogen and oxygen atoms in total. The maximum atomic E-state index is 13.0. The summed E-state index contributed by atoms with van der Waals surface area (Å²) >= 11 is 0. The van der Waals surface area contributed by atoms with E-state index in [0.717, 1.165) is 19.3 Å². The molecule has 0 aliphatic heterocycles. The monoisotopic (exact) mass is 341 g/mol. The molecule has 5 heteroatoms. The van der Waals surface area contributed by atoms with Gasteiger partial charge in [-0.25, -0.2) is 5.84 Å². The molecule has 4 atom stereocenters. The van der Waals surface area contributed by atoms with E-state index >= 15 is 0 Å². The van der Waals surface area contributed by atoms with Crippen molar-refractivity contribution in [3.05, 3.63) is 35.4 Å². The summed E-state index contributed by atoms with van der Waals surface area (Å²) < 4.78 is 0. The van der Waals surface area contributed by atoms with Gasteiger partial charge in [-0.15, -0.1) is 0 Å². The van der Waals surface area contributed by atoms with E-state index in [9.17, 15) is 9.59 Å². The highest BCUT2D eigenvalue weighted by molar-refractivity contribution is 5.88. The second-order valence-electron chi connectivity index (χ2n) is 8.64. The fourth-order valence-electron chi connectivity index (χ4n) is 6.17. The van der Waals surface area contributed by atoms with Crippen LogP contribution < -0.4 is 16.6 Å². The molecule has 25 heavy (non-hydrogen) atoms. The summed E-state index contributed by atoms with van der Waals surface area (Å²) in [7, 11) is 0. The maximum Gasteiger partial charge on any atom is 0.253 e. The molecule has 1 aromatic carbocycles. The summed E-state index contributed by atoms with van der Waals surface area (Å²) in [5.41, 5.74) is 4.56. The number of carbonyl (C=O) groups is 2. The smallest absolute Gasteiger partial charge is 0.253 e. The number of nitrogens with one attached hydrogen (secondary N) is 2. The average Bonchev–Trinajstić information content (AvgIpc) is 2.58. The predicted molar refractivity (Wildman–Crippen MR) is 95.3 cm³/mol. The van der Waals surface area contributed by atoms with Crippen LogP contribution in [0.1, 0.15) is 49.7 Å². The molecule has 0 aromatic heterocycles. The largest absolute Gasteiger partial charge is 0.347 e. The maximum absolute atomic E-state index is 13.0. The number of rotatable bonds is 4. The van der Waals surface area contributed by atoms with Gasteiger partial charge in [-0.1, -0.05) is 29.8 Å². The van der Waals surface area contributed by atoms with Gasteiger partial charge < -0.3 is 5.32 Å². The lowest BCUT2D eigenvalue weighted by Crippen LogP contribution is -2.59. The van der Waals surface area contributed by atoms with Crippen LogP contribution in [0.25, 0.3) is 0 Å². The van der Waals surface area contributed by atoms with Gasteiger partial charge in [-0.05, 0) is 68.3 Å². The van der Waals surface area contributed by atoms with Crippen molar-refractivity contribution in [1.29, 1.82) is 0 Å². The molecule has 4 bridgehead atoms. The van der Waals surface area contributed by atoms with Crippen LogP contribution in [-0.2, 0) is 15.0 Å². The first-order valence-corrected chi connectivity index (χ1v) is 9.30. The first-order chi connectivity index (χ1) is 11.9. The number of aryl methyl sites for hydroxylation is 1. The molecule has 0 saturated heterocycles. The third-order valence-corrected chi connectivity index (χ3v) is 6.78. The first-order valence-electron chi connectivity index (χ1n) is 9.30. The Morgan fingerprint density at radius 2 is 1.76 bits per heavy atom. The number of hydrogen-bond donors (Lipinski definition) is 3. The lowest BCUT2D eigenvalue weighted by Gasteiger charge is -2.61. The summed E-state index contributed by atoms with van der Waals surface area (Å²) in [5.74, 6) is 6.05. The Morgan fingerprint density at radius 3 is 2.36 bits per heavy atom. The first kappa shape index (κ1) is 16.6. The Hall–Kier alpha value is -1.88. The third-order valence-electron chi connectivity index (χ3n) is 6.78. The minimum absolute atomic E-state index is 0.0377. The normalized spacial score (nSPS) is 35.4. The topological polar surface area (TPSA) is 84.2 Å². The second kappa shape index (κ2) is 5.84. The van der Waals surface area contributed by atoms with Crippen molar-refractivity contribution in [3.8, 4) is 0 Å². The summed E-state index contributed by atoms with van der Waals surface area (Å²) in [6.07, 6.45) is 6.49. The molecule has 1 aromatic rings. The molecular formula is C20H27N3O2. The van der Waals surface area contributed by atoms with E-state index in [4.69, 9.17) is 5.84 Å². The molecule has 0 heterocycles. The zero-order chi connectivity index (χ0) is 17.7. The molecule has 5 rings (SSSR count). The summed E-state index contributed by atoms with van der Waals surface area (Å²) in [5, 5.41) is 2.84. The molecule has 4 N–H and O–H groups in total. The standard InChI is InChI=1S/C20H27N3O2/c1-13-2-4-16(5-3-13)19-7-14-6-15(8-19)10-20(9-14,12-19)18(25)22-11-17(24)23-21/h2-5,14-15H,6-12,21H2,1H3,(H,22,25)(H,23,24)/t14-,15+,19?,20?. The molecule has 2 unspecified atom stereocenters. The van der Waals surface area contributed by atoms with Crippen LogP contribution in [0.3, 0.4) is 0 Å². The Balaban J connectivity index is 1.61. The average molecular weight is 341 g/mol. The van der Waals surface area contributed by atoms with Gasteiger partial charge in [0.1, 0.15) is 0 Å². The van der Waals surface area contributed by atoms with E-state index in [1.54, 1.807) is 0 Å². The van der Waals surface area contributed by atoms with Gasteiger partial charge >= 0.3 is 0 Å². The fourth-order valence-corrected chi connectivity index (χ4v) is 6.17. The van der Waals surface area contributed by atoms with Crippen molar-refractivity contribution >= 4 is 11.8 Å². The molecule has 4 aliphatic rings. The van der Waals surface area contributed by atoms with Crippen molar-refractivity contribution in [3.63, 3.8) is 0 Å². The minimum Gasteiger partial charge on any atom is -0.347 e. The molecule has 0 radical (unpaired) electrons. The number of amides is 2. The molecule has 0 spiro atoms. The van der Waals surface area contributed by atoms with E-state index in [-0.39, 0.29) is 29.2 Å². The Labute approximate surface area is 148 Å². The number of benzene rings is 1. The number of nitrogens with two attached hydrogens (primary N) is 1. The summed E-state index contributed by atoms with van der Waals surface area (Å²) in [6, 6.07) is 8.89. The van der Waals surface area contributed by atoms with Crippen molar-refractivity contribution in [2.75, 3.05) is 6.54 Å². The van der Waals surface area contributed by atoms with Crippen LogP contribution in [0.2, 0.25) is 0 Å². The van der Waals surface area contributed by atoms with Gasteiger partial charge in [0.05, 0.1) is 12.0 Å². The minimum atomic E-state index is -0.355. The van der Waals surface area contributed by atoms with Crippen LogP contribution in [0, 0.1) is 24.2 Å². The third kappa shape index (κ3) is 2.74. The Kier molecular flexibility index (Phi) is 3.87. The number of carbonyl (C=O) groups excluding carboxylic acids is 2. The van der Waals surface area contributed by atoms with Crippen LogP contribution >= 0.6 is 0 Å². The highest BCUT2D eigenvalue weighted by Gasteiger charge is 2.60. The quantitative estimate of drug-likeness (QED) is 0.444. The predicted octanol–water partition coefficient (Wildman–Crippen LogP) is 1.94. The highest BCUT2D eigenvalue weighted by atomic mass is 16.2. The van der Waals surface area contributed by atoms with Gasteiger partial charge in [0.2, 0.25) is 5.91 Å². The van der Waals surface area contributed by atoms with Crippen LogP contribution in [0.15, 0.2) is 24.3 Å². The van der Waals surface area contributed by atoms with Crippen molar-refractivity contribution in [2.24, 2.45) is 23.1 Å². The zero-order valence-electron chi connectivity index (χ0n) is 14.8. The van der Waals surface area contributed by atoms with E-state index in [2.05, 4.69) is 41.9 Å². The Bertz CT molecular complexity index is 683. The number of hydrazine groups is 1. The van der Waals surface area contributed by atoms with Gasteiger partial charge in [0, 0.05) is 0 Å². The SMILES string of the molecule is Cc1ccc(C23C[C@@H]4C[C@@H](CC(C(=O)NCC(=O)NN)(C4)C2)C3)cc1. The van der Waals surface area contributed by atoms with Crippen molar-refractivity contribution < 1.29 is 9.59 Å². The van der Waals surface area contributed by atoms with E-state index in [1.165, 1.54) is 30.4 Å².